The third-order valence-electron chi connectivity index (χ3n) is 14.8. The lowest BCUT2D eigenvalue weighted by atomic mass is 9.91. The van der Waals surface area contributed by atoms with E-state index in [9.17, 15) is 38.4 Å². The van der Waals surface area contributed by atoms with E-state index in [-0.39, 0.29) is 82.5 Å². The maximum Gasteiger partial charge on any atom is 0.413 e. The van der Waals surface area contributed by atoms with Gasteiger partial charge in [0, 0.05) is 60.7 Å². The Morgan fingerprint density at radius 3 is 1.39 bits per heavy atom. The molecular weight excluding hydrogens is 1350 g/mol. The number of amidine groups is 1. The molecule has 2 fully saturated rings. The third kappa shape index (κ3) is 31.9. The van der Waals surface area contributed by atoms with Crippen LogP contribution in [0.4, 0.5) is 19.2 Å². The van der Waals surface area contributed by atoms with Crippen LogP contribution in [-0.2, 0) is 104 Å². The maximum atomic E-state index is 14.2. The minimum Gasteiger partial charge on any atom is -0.477 e. The summed E-state index contributed by atoms with van der Waals surface area (Å²) in [5.41, 5.74) is -1.69. The van der Waals surface area contributed by atoms with Gasteiger partial charge in [-0.15, -0.1) is 6.42 Å². The molecule has 0 aromatic rings. The number of ether oxygens (including phenoxy) is 18. The number of nitrogens with one attached hydrogen (secondary N) is 5. The average Bonchev–Trinajstić information content (AvgIpc) is 1.42. The van der Waals surface area contributed by atoms with Crippen molar-refractivity contribution in [3.05, 3.63) is 36.1 Å². The summed E-state index contributed by atoms with van der Waals surface area (Å²) in [4.78, 5) is 115. The van der Waals surface area contributed by atoms with Crippen molar-refractivity contribution in [3.63, 3.8) is 0 Å². The Kier molecular flexibility index (Phi) is 35.9. The number of carbonyl (C=O) groups is 8. The molecule has 4 aliphatic rings. The van der Waals surface area contributed by atoms with Gasteiger partial charge < -0.3 is 111 Å². The van der Waals surface area contributed by atoms with Crippen LogP contribution in [0.3, 0.4) is 0 Å². The molecule has 10 atom stereocenters. The van der Waals surface area contributed by atoms with Gasteiger partial charge in [0.1, 0.15) is 41.7 Å². The zero-order valence-corrected chi connectivity index (χ0v) is 62.1. The van der Waals surface area contributed by atoms with Crippen LogP contribution in [0.25, 0.3) is 0 Å². The highest BCUT2D eigenvalue weighted by Crippen LogP contribution is 2.35. The fourth-order valence-corrected chi connectivity index (χ4v) is 10.2. The van der Waals surface area contributed by atoms with E-state index >= 15 is 0 Å². The van der Waals surface area contributed by atoms with Crippen LogP contribution in [0.15, 0.2) is 41.1 Å². The van der Waals surface area contributed by atoms with Crippen molar-refractivity contribution >= 4 is 54.0 Å². The number of rotatable bonds is 39. The first kappa shape index (κ1) is 86.8. The van der Waals surface area contributed by atoms with Crippen molar-refractivity contribution in [2.24, 2.45) is 4.99 Å². The Morgan fingerprint density at radius 2 is 0.980 bits per heavy atom. The van der Waals surface area contributed by atoms with Crippen molar-refractivity contribution < 1.29 is 124 Å². The van der Waals surface area contributed by atoms with Crippen LogP contribution < -0.4 is 26.6 Å². The molecule has 578 valence electrons. The van der Waals surface area contributed by atoms with Gasteiger partial charge >= 0.3 is 36.3 Å². The Hall–Kier alpha value is -7.63. The number of terminal acetylenes is 1. The van der Waals surface area contributed by atoms with Crippen LogP contribution in [0, 0.1) is 12.3 Å². The first-order valence-electron chi connectivity index (χ1n) is 33.5. The van der Waals surface area contributed by atoms with Gasteiger partial charge in [-0.2, -0.15) is 0 Å². The maximum absolute atomic E-state index is 14.2. The molecular formula is C67H109N9O26. The van der Waals surface area contributed by atoms with Crippen molar-refractivity contribution in [2.45, 2.75) is 174 Å². The SMILES string of the molecule is C#CCOCCOCCOCCOCCN(CCOCCN(C)C(=O)O[C@@H]([C@@H]1OC(C(=O)OC)=C[C@H](N=C(C)NC(=O)OC(C)(C)C)[C@H]1NC(C)=O)[C@H]1COC(C)(C)O1)CCOCCN(C)C(=O)O[C@@H]([C@@H]1OC(C(=O)OC)=C[C@H](NC(=C)NC(=O)OC(C)(C)C)[C@H]1NC(C)=O)[C@H]1COC(C)(C)O1. The largest absolute Gasteiger partial charge is 0.477 e. The summed E-state index contributed by atoms with van der Waals surface area (Å²) < 4.78 is 104. The lowest BCUT2D eigenvalue weighted by molar-refractivity contribution is -0.171. The van der Waals surface area contributed by atoms with Crippen LogP contribution in [0.2, 0.25) is 0 Å². The Bertz CT molecular complexity index is 2890. The number of likely N-dealkylation sites (N-methyl/N-ethyl adjacent to an activating group) is 2. The molecule has 0 unspecified atom stereocenters. The van der Waals surface area contributed by atoms with Crippen molar-refractivity contribution in [1.82, 2.24) is 41.3 Å². The van der Waals surface area contributed by atoms with E-state index < -0.39 is 132 Å². The summed E-state index contributed by atoms with van der Waals surface area (Å²) in [6.07, 6.45) is -2.92. The number of hydrogen-bond acceptors (Lipinski definition) is 29. The number of alkyl carbamates (subject to hydrolysis) is 2. The Labute approximate surface area is 597 Å². The van der Waals surface area contributed by atoms with Gasteiger partial charge in [-0.25, -0.2) is 28.8 Å². The monoisotopic (exact) mass is 1460 g/mol. The highest BCUT2D eigenvalue weighted by Gasteiger charge is 2.53. The van der Waals surface area contributed by atoms with Gasteiger partial charge in [0.05, 0.1) is 124 Å². The number of nitrogens with zero attached hydrogens (tertiary/aromatic N) is 4. The number of carbonyl (C=O) groups excluding carboxylic acids is 8. The number of hydrogen-bond donors (Lipinski definition) is 5. The fourth-order valence-electron chi connectivity index (χ4n) is 10.2. The van der Waals surface area contributed by atoms with Gasteiger partial charge in [0.25, 0.3) is 0 Å². The van der Waals surface area contributed by atoms with Crippen molar-refractivity contribution in [1.29, 1.82) is 0 Å². The summed E-state index contributed by atoms with van der Waals surface area (Å²) in [7, 11) is 5.27. The van der Waals surface area contributed by atoms with Crippen LogP contribution in [-0.4, -0.2) is 306 Å². The van der Waals surface area contributed by atoms with E-state index in [0.29, 0.717) is 65.9 Å². The fraction of sp³-hybridized carbons (Fsp3) is 0.746. The minimum absolute atomic E-state index is 0.0271. The smallest absolute Gasteiger partial charge is 0.413 e. The van der Waals surface area contributed by atoms with Crippen LogP contribution in [0.1, 0.15) is 90.0 Å². The molecule has 6 amide bonds. The normalized spacial score (nSPS) is 22.1. The molecule has 0 aliphatic carbocycles. The first-order chi connectivity index (χ1) is 47.9. The zero-order valence-electron chi connectivity index (χ0n) is 62.1. The molecule has 35 heteroatoms. The third-order valence-corrected chi connectivity index (χ3v) is 14.8. The van der Waals surface area contributed by atoms with Crippen molar-refractivity contribution in [3.8, 4) is 12.3 Å². The van der Waals surface area contributed by atoms with Crippen LogP contribution >= 0.6 is 0 Å². The molecule has 4 rings (SSSR count). The van der Waals surface area contributed by atoms with Gasteiger partial charge in [0.2, 0.25) is 23.3 Å². The van der Waals surface area contributed by atoms with Crippen LogP contribution in [0.5, 0.6) is 0 Å². The van der Waals surface area contributed by atoms with Gasteiger partial charge in [0.15, 0.2) is 36.0 Å². The molecule has 0 spiro atoms. The summed E-state index contributed by atoms with van der Waals surface area (Å²) in [6.45, 7) is 28.8. The van der Waals surface area contributed by atoms with Gasteiger partial charge in [-0.05, 0) is 88.3 Å². The zero-order chi connectivity index (χ0) is 76.0. The van der Waals surface area contributed by atoms with Gasteiger partial charge in [-0.1, -0.05) is 12.5 Å². The molecule has 5 N–H and O–H groups in total. The predicted octanol–water partition coefficient (Wildman–Crippen LogP) is 2.38. The molecule has 4 aliphatic heterocycles. The Balaban J connectivity index is 1.45. The molecule has 0 aromatic heterocycles. The number of methoxy groups -OCH3 is 2. The van der Waals surface area contributed by atoms with Crippen molar-refractivity contribution in [2.75, 3.05) is 154 Å². The second kappa shape index (κ2) is 42.2. The second-order valence-electron chi connectivity index (χ2n) is 26.7. The lowest BCUT2D eigenvalue weighted by Crippen LogP contribution is -2.64. The lowest BCUT2D eigenvalue weighted by Gasteiger charge is -2.42. The summed E-state index contributed by atoms with van der Waals surface area (Å²) >= 11 is 0. The molecule has 0 bridgehead atoms. The summed E-state index contributed by atoms with van der Waals surface area (Å²) in [6, 6.07) is -4.40. The summed E-state index contributed by atoms with van der Waals surface area (Å²) in [5, 5.41) is 13.7. The topological polar surface area (TPSA) is 385 Å². The first-order valence-corrected chi connectivity index (χ1v) is 33.5. The van der Waals surface area contributed by atoms with E-state index in [4.69, 9.17) is 91.7 Å². The van der Waals surface area contributed by atoms with E-state index in [1.807, 2.05) is 4.90 Å². The highest BCUT2D eigenvalue weighted by atomic mass is 16.8. The minimum atomic E-state index is -1.36. The summed E-state index contributed by atoms with van der Waals surface area (Å²) in [5.74, 6) is -3.37. The molecule has 4 heterocycles. The molecule has 0 radical (unpaired) electrons. The van der Waals surface area contributed by atoms with E-state index in [1.165, 1.54) is 56.8 Å². The molecule has 35 nitrogen and oxygen atoms in total. The number of amides is 6. The molecule has 0 aromatic carbocycles. The Morgan fingerprint density at radius 1 is 0.588 bits per heavy atom. The van der Waals surface area contributed by atoms with E-state index in [2.05, 4.69) is 44.1 Å². The quantitative estimate of drug-likeness (QED) is 0.0147. The standard InChI is InChI=1S/C67H109N9O26/c1-20-26-87-32-34-91-36-37-92-35-33-90-31-25-76(23-29-88-27-21-74(16)62(83)97-54(50-40-93-66(12,13)99-50)56-52(72-44(4)77)46(38-48(95-56)58(79)85-18)68-42(2)70-60(81)101-64(6,7)8)24-30-89-28-22-75(17)63(84)98-55(51-41-94-67(14,15)100-51)57-53(73-45(5)78)47(39-49(96-57)59(80)86-19)69-43(3)71-61(82)102-65(9,10)11/h1,38-39,46-47,50-57,68H,2,21-37,40-41H2,3-19H3,(H,70,81)(H,72,77)(H,73,78)(H,69,71,82)/t46-,47-,50+,51+,52+,53+,54+,55+,56+,57+/m0/s1. The van der Waals surface area contributed by atoms with E-state index in [0.717, 1.165) is 14.2 Å². The van der Waals surface area contributed by atoms with E-state index in [1.54, 1.807) is 69.2 Å². The number of esters is 2. The highest BCUT2D eigenvalue weighted by molar-refractivity contribution is 5.94. The average molecular weight is 1460 g/mol. The molecule has 0 saturated carbocycles. The molecule has 102 heavy (non-hydrogen) atoms. The molecule has 2 saturated heterocycles. The number of aliphatic imine (C=N–C) groups is 1. The predicted molar refractivity (Wildman–Crippen MR) is 363 cm³/mol. The second-order valence-corrected chi connectivity index (χ2v) is 26.7. The van der Waals surface area contributed by atoms with Gasteiger partial charge in [-0.3, -0.25) is 30.1 Å².